The van der Waals surface area contributed by atoms with Gasteiger partial charge in [0.2, 0.25) is 0 Å². The van der Waals surface area contributed by atoms with Crippen molar-refractivity contribution in [1.29, 1.82) is 0 Å². The van der Waals surface area contributed by atoms with Gasteiger partial charge >= 0.3 is 11.9 Å². The summed E-state index contributed by atoms with van der Waals surface area (Å²) in [7, 11) is 0. The summed E-state index contributed by atoms with van der Waals surface area (Å²) in [5.74, 6) is -2.20. The van der Waals surface area contributed by atoms with Gasteiger partial charge in [0, 0.05) is 6.42 Å². The van der Waals surface area contributed by atoms with Gasteiger partial charge < -0.3 is 32.7 Å². The fourth-order valence-corrected chi connectivity index (χ4v) is 1.15. The molecule has 0 saturated heterocycles. The lowest BCUT2D eigenvalue weighted by atomic mass is 10.2. The Morgan fingerprint density at radius 2 is 1.39 bits per heavy atom. The third-order valence-electron chi connectivity index (χ3n) is 2.35. The summed E-state index contributed by atoms with van der Waals surface area (Å²) in [6.07, 6.45) is 3.15. The molecule has 8 nitrogen and oxygen atoms in total. The van der Waals surface area contributed by atoms with Crippen LogP contribution in [0.4, 0.5) is 0 Å². The van der Waals surface area contributed by atoms with Crippen molar-refractivity contribution in [3.63, 3.8) is 0 Å². The number of hydrogen-bond acceptors (Lipinski definition) is 6. The molecular formula is C12H31Cl3N4O4. The van der Waals surface area contributed by atoms with E-state index in [1.54, 1.807) is 0 Å². The van der Waals surface area contributed by atoms with Gasteiger partial charge in [-0.25, -0.2) is 0 Å². The van der Waals surface area contributed by atoms with Crippen molar-refractivity contribution in [3.05, 3.63) is 0 Å². The summed E-state index contributed by atoms with van der Waals surface area (Å²) in [6.45, 7) is 3.71. The first-order valence-corrected chi connectivity index (χ1v) is 6.76. The van der Waals surface area contributed by atoms with Crippen molar-refractivity contribution < 1.29 is 19.8 Å². The summed E-state index contributed by atoms with van der Waals surface area (Å²) in [5, 5.41) is 19.6. The molecule has 0 bridgehead atoms. The van der Waals surface area contributed by atoms with Gasteiger partial charge in [0.15, 0.2) is 0 Å². The summed E-state index contributed by atoms with van der Waals surface area (Å²) < 4.78 is 0. The van der Waals surface area contributed by atoms with Crippen molar-refractivity contribution in [2.75, 3.05) is 26.2 Å². The average molecular weight is 402 g/mol. The molecule has 0 unspecified atom stereocenters. The van der Waals surface area contributed by atoms with Gasteiger partial charge in [-0.1, -0.05) is 0 Å². The van der Waals surface area contributed by atoms with Crippen LogP contribution in [0.3, 0.4) is 0 Å². The Hall–Kier alpha value is -0.350. The van der Waals surface area contributed by atoms with Crippen molar-refractivity contribution in [3.8, 4) is 0 Å². The first kappa shape index (κ1) is 34.1. The summed E-state index contributed by atoms with van der Waals surface area (Å²) in [6, 6.07) is -1.06. The third kappa shape index (κ3) is 34.1. The van der Waals surface area contributed by atoms with E-state index in [9.17, 15) is 9.59 Å². The maximum absolute atomic E-state index is 9.99. The van der Waals surface area contributed by atoms with E-state index in [0.717, 1.165) is 39.0 Å². The zero-order chi connectivity index (χ0) is 15.8. The second kappa shape index (κ2) is 26.5. The molecule has 23 heavy (non-hydrogen) atoms. The van der Waals surface area contributed by atoms with E-state index in [0.29, 0.717) is 0 Å². The number of aliphatic carboxylic acids is 2. The number of nitrogens with two attached hydrogens (primary N) is 3. The lowest BCUT2D eigenvalue weighted by molar-refractivity contribution is -0.139. The minimum Gasteiger partial charge on any atom is -0.481 e. The van der Waals surface area contributed by atoms with Crippen LogP contribution in [0.1, 0.15) is 32.1 Å². The maximum Gasteiger partial charge on any atom is 0.320 e. The lowest BCUT2D eigenvalue weighted by Gasteiger charge is -2.01. The molecule has 0 rings (SSSR count). The summed E-state index contributed by atoms with van der Waals surface area (Å²) >= 11 is 0. The molecule has 0 aliphatic heterocycles. The Labute approximate surface area is 156 Å². The van der Waals surface area contributed by atoms with Crippen LogP contribution in [-0.2, 0) is 9.59 Å². The van der Waals surface area contributed by atoms with Crippen LogP contribution in [0.5, 0.6) is 0 Å². The number of carboxylic acid groups (broad SMARTS) is 2. The van der Waals surface area contributed by atoms with Gasteiger partial charge in [0.05, 0.1) is 0 Å². The predicted octanol–water partition coefficient (Wildman–Crippen LogP) is 0.192. The Morgan fingerprint density at radius 3 is 1.78 bits per heavy atom. The minimum atomic E-state index is -1.17. The van der Waals surface area contributed by atoms with Crippen molar-refractivity contribution in [2.45, 2.75) is 38.1 Å². The maximum atomic E-state index is 9.99. The Balaban J connectivity index is -0.0000000831. The Morgan fingerprint density at radius 1 is 0.913 bits per heavy atom. The van der Waals surface area contributed by atoms with E-state index in [1.807, 2.05) is 0 Å². The van der Waals surface area contributed by atoms with Crippen molar-refractivity contribution >= 4 is 49.2 Å². The zero-order valence-electron chi connectivity index (χ0n) is 13.1. The molecule has 0 spiro atoms. The predicted molar refractivity (Wildman–Crippen MR) is 99.1 cm³/mol. The molecule has 0 heterocycles. The Kier molecular flexibility index (Phi) is 39.3. The molecular weight excluding hydrogens is 371 g/mol. The normalized spacial score (nSPS) is 9.87. The van der Waals surface area contributed by atoms with Crippen LogP contribution >= 0.6 is 37.2 Å². The molecule has 1 atom stereocenters. The number of unbranched alkanes of at least 4 members (excludes halogenated alkanes) is 1. The van der Waals surface area contributed by atoms with E-state index in [4.69, 9.17) is 27.4 Å². The highest BCUT2D eigenvalue weighted by molar-refractivity contribution is 5.86. The first-order chi connectivity index (χ1) is 9.45. The number of carbonyl (C=O) groups is 2. The van der Waals surface area contributed by atoms with Crippen LogP contribution in [0.15, 0.2) is 0 Å². The third-order valence-corrected chi connectivity index (χ3v) is 2.35. The van der Waals surface area contributed by atoms with Crippen molar-refractivity contribution in [1.82, 2.24) is 5.32 Å². The molecule has 0 aliphatic rings. The minimum absolute atomic E-state index is 0. The Bertz CT molecular complexity index is 256. The average Bonchev–Trinajstić information content (AvgIpc) is 2.40. The zero-order valence-corrected chi connectivity index (χ0v) is 15.6. The quantitative estimate of drug-likeness (QED) is 0.267. The van der Waals surface area contributed by atoms with E-state index in [1.165, 1.54) is 6.42 Å². The topological polar surface area (TPSA) is 165 Å². The van der Waals surface area contributed by atoms with Gasteiger partial charge in [-0.15, -0.1) is 37.2 Å². The number of halogens is 3. The number of nitrogens with one attached hydrogen (secondary N) is 1. The van der Waals surface area contributed by atoms with Crippen LogP contribution in [0.25, 0.3) is 0 Å². The van der Waals surface area contributed by atoms with Crippen molar-refractivity contribution in [2.24, 2.45) is 17.2 Å². The standard InChI is InChI=1S/C7H19N3.C5H9NO4.3ClH/c8-4-1-2-6-10-7-3-5-9;6-3(5(9)10)1-2-4(7)8;;;/h10H,1-9H2;3H,1-2,6H2,(H,7,8)(H,9,10);3*1H/t;3-;;;/m.0.../s1. The molecule has 0 amide bonds. The summed E-state index contributed by atoms with van der Waals surface area (Å²) in [5.41, 5.74) is 15.6. The molecule has 0 aromatic heterocycles. The number of carboxylic acids is 2. The smallest absolute Gasteiger partial charge is 0.320 e. The largest absolute Gasteiger partial charge is 0.481 e. The van der Waals surface area contributed by atoms with E-state index >= 15 is 0 Å². The second-order valence-electron chi connectivity index (χ2n) is 4.27. The molecule has 0 fully saturated rings. The van der Waals surface area contributed by atoms with E-state index in [-0.39, 0.29) is 50.1 Å². The highest BCUT2D eigenvalue weighted by Crippen LogP contribution is 1.93. The monoisotopic (exact) mass is 400 g/mol. The lowest BCUT2D eigenvalue weighted by Crippen LogP contribution is -2.30. The SMILES string of the molecule is Cl.Cl.Cl.NCCCCNCCCN.N[C@@H](CCC(=O)O)C(=O)O. The fourth-order valence-electron chi connectivity index (χ4n) is 1.15. The van der Waals surface area contributed by atoms with Gasteiger partial charge in [0.1, 0.15) is 6.04 Å². The molecule has 0 saturated carbocycles. The number of hydrogen-bond donors (Lipinski definition) is 6. The van der Waals surface area contributed by atoms with Crippen LogP contribution in [0.2, 0.25) is 0 Å². The molecule has 0 aromatic rings. The van der Waals surface area contributed by atoms with E-state index < -0.39 is 18.0 Å². The van der Waals surface area contributed by atoms with Gasteiger partial charge in [-0.2, -0.15) is 0 Å². The van der Waals surface area contributed by atoms with Gasteiger partial charge in [-0.05, 0) is 51.9 Å². The molecule has 9 N–H and O–H groups in total. The fraction of sp³-hybridized carbons (Fsp3) is 0.833. The first-order valence-electron chi connectivity index (χ1n) is 6.76. The highest BCUT2D eigenvalue weighted by Gasteiger charge is 2.12. The highest BCUT2D eigenvalue weighted by atomic mass is 35.5. The van der Waals surface area contributed by atoms with Crippen LogP contribution < -0.4 is 22.5 Å². The van der Waals surface area contributed by atoms with Gasteiger partial charge in [-0.3, -0.25) is 9.59 Å². The summed E-state index contributed by atoms with van der Waals surface area (Å²) in [4.78, 5) is 19.9. The molecule has 144 valence electrons. The molecule has 11 heteroatoms. The van der Waals surface area contributed by atoms with Gasteiger partial charge in [0.25, 0.3) is 0 Å². The molecule has 0 radical (unpaired) electrons. The second-order valence-corrected chi connectivity index (χ2v) is 4.27. The van der Waals surface area contributed by atoms with E-state index in [2.05, 4.69) is 5.32 Å². The number of rotatable bonds is 11. The molecule has 0 aromatic carbocycles. The van der Waals surface area contributed by atoms with Crippen LogP contribution in [-0.4, -0.2) is 54.4 Å². The molecule has 0 aliphatic carbocycles. The van der Waals surface area contributed by atoms with Crippen LogP contribution in [0, 0.1) is 0 Å².